The Bertz CT molecular complexity index is 1760. The third-order valence-corrected chi connectivity index (χ3v) is 8.20. The summed E-state index contributed by atoms with van der Waals surface area (Å²) in [6.45, 7) is 0. The highest BCUT2D eigenvalue weighted by Crippen LogP contribution is 2.58. The molecule has 9 heteroatoms. The molecule has 0 saturated carbocycles. The van der Waals surface area contributed by atoms with Crippen LogP contribution in [0.4, 0.5) is 17.1 Å². The van der Waals surface area contributed by atoms with Crippen molar-refractivity contribution >= 4 is 40.6 Å². The standard InChI is InChI=1S/C31H21N3O6/c35-28(19-8-5-9-20(17-19)34(38)39)27-26(29(36)24-13-6-16-40-24)31(21-10-2-3-11-22(21)32-30(31)37)25-15-14-18-7-1-4-12-23(18)33(25)27/h1-17,25-27H,(H,32,37)/t25-,26+,27-,31-/m0/s1. The molecule has 1 amide bonds. The zero-order chi connectivity index (χ0) is 27.6. The van der Waals surface area contributed by atoms with Gasteiger partial charge in [-0.2, -0.15) is 0 Å². The number of nitrogens with zero attached hydrogens (tertiary/aromatic N) is 2. The molecule has 196 valence electrons. The number of nitro benzene ring substituents is 1. The Hall–Kier alpha value is -5.31. The second-order valence-electron chi connectivity index (χ2n) is 10.1. The van der Waals surface area contributed by atoms with Gasteiger partial charge in [-0.15, -0.1) is 0 Å². The zero-order valence-electron chi connectivity index (χ0n) is 20.9. The number of amides is 1. The van der Waals surface area contributed by atoms with Gasteiger partial charge in [-0.1, -0.05) is 60.7 Å². The van der Waals surface area contributed by atoms with Crippen molar-refractivity contribution in [2.45, 2.75) is 17.5 Å². The second-order valence-corrected chi connectivity index (χ2v) is 10.1. The first-order valence-corrected chi connectivity index (χ1v) is 12.8. The van der Waals surface area contributed by atoms with E-state index in [4.69, 9.17) is 4.42 Å². The van der Waals surface area contributed by atoms with E-state index in [1.54, 1.807) is 24.3 Å². The lowest BCUT2D eigenvalue weighted by molar-refractivity contribution is -0.384. The van der Waals surface area contributed by atoms with E-state index in [9.17, 15) is 24.5 Å². The van der Waals surface area contributed by atoms with Crippen LogP contribution in [-0.4, -0.2) is 34.5 Å². The fourth-order valence-electron chi connectivity index (χ4n) is 6.64. The number of Topliss-reactive ketones (excluding diaryl/α,β-unsaturated/α-hetero) is 2. The maximum Gasteiger partial charge on any atom is 0.270 e. The van der Waals surface area contributed by atoms with Gasteiger partial charge in [0.2, 0.25) is 11.7 Å². The van der Waals surface area contributed by atoms with Crippen LogP contribution in [0, 0.1) is 16.0 Å². The van der Waals surface area contributed by atoms with Crippen LogP contribution in [0.3, 0.4) is 0 Å². The predicted molar refractivity (Wildman–Crippen MR) is 146 cm³/mol. The van der Waals surface area contributed by atoms with Crippen molar-refractivity contribution in [3.8, 4) is 0 Å². The number of rotatable bonds is 5. The largest absolute Gasteiger partial charge is 0.461 e. The van der Waals surface area contributed by atoms with Crippen molar-refractivity contribution in [1.82, 2.24) is 0 Å². The fraction of sp³-hybridized carbons (Fsp3) is 0.129. The molecule has 1 N–H and O–H groups in total. The van der Waals surface area contributed by atoms with Gasteiger partial charge < -0.3 is 14.6 Å². The molecule has 0 unspecified atom stereocenters. The third kappa shape index (κ3) is 3.11. The highest BCUT2D eigenvalue weighted by Gasteiger charge is 2.70. The molecule has 7 rings (SSSR count). The highest BCUT2D eigenvalue weighted by atomic mass is 16.6. The minimum absolute atomic E-state index is 0.0236. The summed E-state index contributed by atoms with van der Waals surface area (Å²) in [5.74, 6) is -2.59. The average Bonchev–Trinajstić information content (AvgIpc) is 3.69. The lowest BCUT2D eigenvalue weighted by atomic mass is 9.64. The molecule has 4 heterocycles. The average molecular weight is 532 g/mol. The van der Waals surface area contributed by atoms with Crippen molar-refractivity contribution in [3.05, 3.63) is 130 Å². The predicted octanol–water partition coefficient (Wildman–Crippen LogP) is 5.04. The summed E-state index contributed by atoms with van der Waals surface area (Å²) in [7, 11) is 0. The molecule has 0 bridgehead atoms. The first-order chi connectivity index (χ1) is 19.4. The van der Waals surface area contributed by atoms with E-state index in [1.165, 1.54) is 36.6 Å². The summed E-state index contributed by atoms with van der Waals surface area (Å²) in [5.41, 5.74) is 1.04. The maximum absolute atomic E-state index is 14.5. The Labute approximate surface area is 227 Å². The van der Waals surface area contributed by atoms with Crippen molar-refractivity contribution in [3.63, 3.8) is 0 Å². The zero-order valence-corrected chi connectivity index (χ0v) is 20.9. The molecule has 3 aromatic carbocycles. The number of nitro groups is 1. The first kappa shape index (κ1) is 23.8. The number of carbonyl (C=O) groups is 3. The van der Waals surface area contributed by atoms with Crippen LogP contribution in [0.15, 0.2) is 102 Å². The van der Waals surface area contributed by atoms with Crippen molar-refractivity contribution < 1.29 is 23.7 Å². The number of benzene rings is 3. The van der Waals surface area contributed by atoms with Gasteiger partial charge in [0.15, 0.2) is 11.5 Å². The first-order valence-electron chi connectivity index (χ1n) is 12.8. The van der Waals surface area contributed by atoms with E-state index >= 15 is 0 Å². The number of fused-ring (bicyclic) bond motifs is 6. The topological polar surface area (TPSA) is 123 Å². The van der Waals surface area contributed by atoms with Gasteiger partial charge in [-0.25, -0.2) is 0 Å². The molecular formula is C31H21N3O6. The molecule has 0 radical (unpaired) electrons. The quantitative estimate of drug-likeness (QED) is 0.217. The molecule has 1 saturated heterocycles. The van der Waals surface area contributed by atoms with Gasteiger partial charge in [-0.3, -0.25) is 24.5 Å². The van der Waals surface area contributed by atoms with Crippen molar-refractivity contribution in [2.75, 3.05) is 10.2 Å². The van der Waals surface area contributed by atoms with Crippen LogP contribution < -0.4 is 10.2 Å². The maximum atomic E-state index is 14.5. The number of carbonyl (C=O) groups excluding carboxylic acids is 3. The number of hydrogen-bond donors (Lipinski definition) is 1. The minimum Gasteiger partial charge on any atom is -0.461 e. The Balaban J connectivity index is 1.53. The summed E-state index contributed by atoms with van der Waals surface area (Å²) >= 11 is 0. The van der Waals surface area contributed by atoms with E-state index in [0.29, 0.717) is 16.9 Å². The summed E-state index contributed by atoms with van der Waals surface area (Å²) in [4.78, 5) is 56.0. The molecule has 0 aliphatic carbocycles. The van der Waals surface area contributed by atoms with Gasteiger partial charge in [0.1, 0.15) is 11.5 Å². The molecule has 3 aliphatic heterocycles. The summed E-state index contributed by atoms with van der Waals surface area (Å²) in [6, 6.07) is 21.3. The minimum atomic E-state index is -1.48. The smallest absolute Gasteiger partial charge is 0.270 e. The van der Waals surface area contributed by atoms with Crippen molar-refractivity contribution in [2.24, 2.45) is 5.92 Å². The van der Waals surface area contributed by atoms with Crippen LogP contribution in [-0.2, 0) is 10.2 Å². The number of furan rings is 1. The monoisotopic (exact) mass is 531 g/mol. The third-order valence-electron chi connectivity index (χ3n) is 8.20. The van der Waals surface area contributed by atoms with Gasteiger partial charge in [-0.05, 0) is 35.4 Å². The Morgan fingerprint density at radius 3 is 2.55 bits per heavy atom. The number of non-ortho nitro benzene ring substituents is 1. The van der Waals surface area contributed by atoms with Gasteiger partial charge in [0.05, 0.1) is 23.1 Å². The number of anilines is 2. The second kappa shape index (κ2) is 8.60. The lowest BCUT2D eigenvalue weighted by Gasteiger charge is -2.37. The molecule has 1 spiro atoms. The Morgan fingerprint density at radius 2 is 1.75 bits per heavy atom. The van der Waals surface area contributed by atoms with E-state index in [2.05, 4.69) is 5.32 Å². The normalized spacial score (nSPS) is 23.9. The highest BCUT2D eigenvalue weighted by molar-refractivity contribution is 6.18. The molecule has 3 aliphatic rings. The van der Waals surface area contributed by atoms with E-state index < -0.39 is 45.8 Å². The number of nitrogens with one attached hydrogen (secondary N) is 1. The molecule has 4 atom stereocenters. The lowest BCUT2D eigenvalue weighted by Crippen LogP contribution is -2.51. The van der Waals surface area contributed by atoms with E-state index in [-0.39, 0.29) is 17.0 Å². The SMILES string of the molecule is O=C(c1cccc([N+](=O)[O-])c1)[C@@H]1[C@H](C(=O)c2ccco2)[C@@]2(C(=O)Nc3ccccc32)[C@@H]2C=Cc3ccccc3N12. The van der Waals surface area contributed by atoms with Gasteiger partial charge in [0, 0.05) is 29.1 Å². The van der Waals surface area contributed by atoms with Gasteiger partial charge >= 0.3 is 0 Å². The summed E-state index contributed by atoms with van der Waals surface area (Å²) in [5, 5.41) is 14.5. The van der Waals surface area contributed by atoms with Crippen LogP contribution in [0.25, 0.3) is 6.08 Å². The number of hydrogen-bond acceptors (Lipinski definition) is 7. The Kier molecular flexibility index (Phi) is 5.11. The van der Waals surface area contributed by atoms with Crippen molar-refractivity contribution in [1.29, 1.82) is 0 Å². The van der Waals surface area contributed by atoms with Crippen LogP contribution in [0.5, 0.6) is 0 Å². The molecule has 40 heavy (non-hydrogen) atoms. The van der Waals surface area contributed by atoms with Gasteiger partial charge in [0.25, 0.3) is 5.69 Å². The molecular weight excluding hydrogens is 510 g/mol. The summed E-state index contributed by atoms with van der Waals surface area (Å²) < 4.78 is 5.52. The van der Waals surface area contributed by atoms with Crippen LogP contribution in [0.1, 0.15) is 32.0 Å². The Morgan fingerprint density at radius 1 is 0.950 bits per heavy atom. The number of para-hydroxylation sites is 2. The molecule has 4 aromatic rings. The van der Waals surface area contributed by atoms with Crippen LogP contribution in [0.2, 0.25) is 0 Å². The molecule has 1 aromatic heterocycles. The number of ketones is 2. The molecule has 9 nitrogen and oxygen atoms in total. The van der Waals surface area contributed by atoms with E-state index in [1.807, 2.05) is 47.4 Å². The molecule has 1 fully saturated rings. The van der Waals surface area contributed by atoms with E-state index in [0.717, 1.165) is 5.56 Å². The summed E-state index contributed by atoms with van der Waals surface area (Å²) in [6.07, 6.45) is 5.14. The van der Waals surface area contributed by atoms with Crippen LogP contribution >= 0.6 is 0 Å². The fourth-order valence-corrected chi connectivity index (χ4v) is 6.64.